The summed E-state index contributed by atoms with van der Waals surface area (Å²) >= 11 is 0. The third-order valence-corrected chi connectivity index (χ3v) is 3.24. The van der Waals surface area contributed by atoms with Gasteiger partial charge >= 0.3 is 0 Å². The fourth-order valence-corrected chi connectivity index (χ4v) is 2.05. The van der Waals surface area contributed by atoms with Crippen molar-refractivity contribution in [3.8, 4) is 0 Å². The summed E-state index contributed by atoms with van der Waals surface area (Å²) in [6.07, 6.45) is 1.62. The summed E-state index contributed by atoms with van der Waals surface area (Å²) < 4.78 is 1.88. The number of hydrogen-bond donors (Lipinski definition) is 1. The molecule has 0 amide bonds. The lowest BCUT2D eigenvalue weighted by Crippen LogP contribution is -2.11. The molecule has 0 atom stereocenters. The molecule has 0 spiro atoms. The van der Waals surface area contributed by atoms with Crippen LogP contribution >= 0.6 is 0 Å². The topological polar surface area (TPSA) is 103 Å². The van der Waals surface area contributed by atoms with E-state index < -0.39 is 4.92 Å². The van der Waals surface area contributed by atoms with Crippen LogP contribution in [0.25, 0.3) is 0 Å². The van der Waals surface area contributed by atoms with Crippen molar-refractivity contribution in [3.63, 3.8) is 0 Å². The molecule has 0 aliphatic carbocycles. The minimum Gasteiger partial charge on any atom is -0.372 e. The molecule has 116 valence electrons. The molecule has 0 fully saturated rings. The van der Waals surface area contributed by atoms with Crippen LogP contribution < -0.4 is 5.32 Å². The number of carbonyl (C=O) groups is 1. The Labute approximate surface area is 127 Å². The third-order valence-electron chi connectivity index (χ3n) is 3.24. The number of carbonyl (C=O) groups excluding carboxylic acids is 1. The number of benzene rings is 1. The van der Waals surface area contributed by atoms with Crippen LogP contribution in [0.1, 0.15) is 43.0 Å². The van der Waals surface area contributed by atoms with Crippen molar-refractivity contribution >= 4 is 17.2 Å². The van der Waals surface area contributed by atoms with Gasteiger partial charge in [0.2, 0.25) is 0 Å². The molecule has 0 saturated heterocycles. The van der Waals surface area contributed by atoms with Crippen molar-refractivity contribution in [1.29, 1.82) is 0 Å². The first-order chi connectivity index (χ1) is 10.4. The van der Waals surface area contributed by atoms with Crippen molar-refractivity contribution in [2.24, 2.45) is 0 Å². The SMILES string of the molecule is CC(=O)c1ccc(NCc2nncn2C(C)C)c([N+](=O)[O-])c1. The van der Waals surface area contributed by atoms with Gasteiger partial charge in [0.05, 0.1) is 11.5 Å². The number of Topliss-reactive ketones (excluding diaryl/α,β-unsaturated/α-hetero) is 1. The average Bonchev–Trinajstić information content (AvgIpc) is 2.93. The number of nitro benzene ring substituents is 1. The number of hydrogen-bond acceptors (Lipinski definition) is 6. The van der Waals surface area contributed by atoms with Gasteiger partial charge in [-0.3, -0.25) is 14.9 Å². The maximum absolute atomic E-state index is 11.3. The molecule has 0 aliphatic rings. The van der Waals surface area contributed by atoms with Crippen molar-refractivity contribution < 1.29 is 9.72 Å². The Balaban J connectivity index is 2.24. The van der Waals surface area contributed by atoms with Crippen molar-refractivity contribution in [2.45, 2.75) is 33.4 Å². The number of nitrogens with one attached hydrogen (secondary N) is 1. The van der Waals surface area contributed by atoms with Gasteiger partial charge in [0.15, 0.2) is 11.6 Å². The fourth-order valence-electron chi connectivity index (χ4n) is 2.05. The van der Waals surface area contributed by atoms with E-state index in [0.717, 1.165) is 0 Å². The maximum Gasteiger partial charge on any atom is 0.293 e. The van der Waals surface area contributed by atoms with Crippen LogP contribution in [0.2, 0.25) is 0 Å². The van der Waals surface area contributed by atoms with E-state index in [2.05, 4.69) is 15.5 Å². The molecule has 2 rings (SSSR count). The largest absolute Gasteiger partial charge is 0.372 e. The number of ketones is 1. The predicted octanol–water partition coefficient (Wildman–Crippen LogP) is 2.58. The Hall–Kier alpha value is -2.77. The Morgan fingerprint density at radius 1 is 1.45 bits per heavy atom. The number of nitrogens with zero attached hydrogens (tertiary/aromatic N) is 4. The highest BCUT2D eigenvalue weighted by atomic mass is 16.6. The van der Waals surface area contributed by atoms with E-state index >= 15 is 0 Å². The van der Waals surface area contributed by atoms with E-state index in [-0.39, 0.29) is 17.5 Å². The van der Waals surface area contributed by atoms with E-state index in [1.54, 1.807) is 12.4 Å². The van der Waals surface area contributed by atoms with Crippen LogP contribution in [0.4, 0.5) is 11.4 Å². The van der Waals surface area contributed by atoms with Gasteiger partial charge in [0.25, 0.3) is 5.69 Å². The second-order valence-electron chi connectivity index (χ2n) is 5.15. The molecule has 1 aromatic heterocycles. The average molecular weight is 303 g/mol. The van der Waals surface area contributed by atoms with E-state index in [4.69, 9.17) is 0 Å². The minimum absolute atomic E-state index is 0.136. The Bertz CT molecular complexity index is 708. The highest BCUT2D eigenvalue weighted by Gasteiger charge is 2.17. The molecule has 0 radical (unpaired) electrons. The number of anilines is 1. The molecule has 8 nitrogen and oxygen atoms in total. The molecule has 0 bridgehead atoms. The van der Waals surface area contributed by atoms with Crippen LogP contribution in [0.15, 0.2) is 24.5 Å². The molecule has 8 heteroatoms. The smallest absolute Gasteiger partial charge is 0.293 e. The van der Waals surface area contributed by atoms with Crippen LogP contribution in [0.3, 0.4) is 0 Å². The monoisotopic (exact) mass is 303 g/mol. The number of nitro groups is 1. The number of rotatable bonds is 6. The van der Waals surface area contributed by atoms with Gasteiger partial charge in [-0.15, -0.1) is 10.2 Å². The molecule has 1 heterocycles. The van der Waals surface area contributed by atoms with Gasteiger partial charge in [0, 0.05) is 17.7 Å². The first-order valence-corrected chi connectivity index (χ1v) is 6.81. The van der Waals surface area contributed by atoms with Crippen LogP contribution in [0, 0.1) is 10.1 Å². The second kappa shape index (κ2) is 6.33. The molecular formula is C14H17N5O3. The molecule has 22 heavy (non-hydrogen) atoms. The lowest BCUT2D eigenvalue weighted by Gasteiger charge is -2.11. The van der Waals surface area contributed by atoms with Crippen molar-refractivity contribution in [3.05, 3.63) is 46.0 Å². The second-order valence-corrected chi connectivity index (χ2v) is 5.15. The quantitative estimate of drug-likeness (QED) is 0.500. The summed E-state index contributed by atoms with van der Waals surface area (Å²) in [5.74, 6) is 0.467. The van der Waals surface area contributed by atoms with Gasteiger partial charge in [-0.05, 0) is 32.9 Å². The van der Waals surface area contributed by atoms with Crippen LogP contribution in [-0.4, -0.2) is 25.5 Å². The highest BCUT2D eigenvalue weighted by molar-refractivity contribution is 5.95. The first-order valence-electron chi connectivity index (χ1n) is 6.81. The van der Waals surface area contributed by atoms with Crippen molar-refractivity contribution in [1.82, 2.24) is 14.8 Å². The summed E-state index contributed by atoms with van der Waals surface area (Å²) in [6, 6.07) is 4.56. The van der Waals surface area contributed by atoms with Crippen LogP contribution in [-0.2, 0) is 6.54 Å². The highest BCUT2D eigenvalue weighted by Crippen LogP contribution is 2.26. The molecule has 1 aromatic carbocycles. The maximum atomic E-state index is 11.3. The third kappa shape index (κ3) is 3.27. The Kier molecular flexibility index (Phi) is 4.50. The minimum atomic E-state index is -0.512. The van der Waals surface area contributed by atoms with Gasteiger partial charge in [-0.2, -0.15) is 0 Å². The lowest BCUT2D eigenvalue weighted by molar-refractivity contribution is -0.384. The molecule has 1 N–H and O–H groups in total. The zero-order valence-electron chi connectivity index (χ0n) is 12.6. The zero-order chi connectivity index (χ0) is 16.3. The van der Waals surface area contributed by atoms with Crippen LogP contribution in [0.5, 0.6) is 0 Å². The summed E-state index contributed by atoms with van der Waals surface area (Å²) in [6.45, 7) is 5.67. The summed E-state index contributed by atoms with van der Waals surface area (Å²) in [4.78, 5) is 22.0. The molecule has 2 aromatic rings. The molecule has 0 unspecified atom stereocenters. The Morgan fingerprint density at radius 2 is 2.18 bits per heavy atom. The zero-order valence-corrected chi connectivity index (χ0v) is 12.6. The summed E-state index contributed by atoms with van der Waals surface area (Å²) in [7, 11) is 0. The van der Waals surface area contributed by atoms with Gasteiger partial charge < -0.3 is 9.88 Å². The molecule has 0 saturated carbocycles. The van der Waals surface area contributed by atoms with Gasteiger partial charge in [-0.1, -0.05) is 0 Å². The molecule has 0 aliphatic heterocycles. The van der Waals surface area contributed by atoms with Gasteiger partial charge in [0.1, 0.15) is 12.0 Å². The predicted molar refractivity (Wildman–Crippen MR) is 80.8 cm³/mol. The van der Waals surface area contributed by atoms with E-state index in [9.17, 15) is 14.9 Å². The number of aromatic nitrogens is 3. The van der Waals surface area contributed by atoms with E-state index in [1.807, 2.05) is 18.4 Å². The van der Waals surface area contributed by atoms with Crippen molar-refractivity contribution in [2.75, 3.05) is 5.32 Å². The molecular weight excluding hydrogens is 286 g/mol. The first kappa shape index (κ1) is 15.6. The normalized spacial score (nSPS) is 10.7. The summed E-state index contributed by atoms with van der Waals surface area (Å²) in [5, 5.41) is 22.0. The van der Waals surface area contributed by atoms with Gasteiger partial charge in [-0.25, -0.2) is 0 Å². The fraction of sp³-hybridized carbons (Fsp3) is 0.357. The lowest BCUT2D eigenvalue weighted by atomic mass is 10.1. The standard InChI is InChI=1S/C14H17N5O3/c1-9(2)18-8-16-17-14(18)7-15-12-5-4-11(10(3)20)6-13(12)19(21)22/h4-6,8-9,15H,7H2,1-3H3. The van der Waals surface area contributed by atoms with E-state index in [1.165, 1.54) is 19.1 Å². The Morgan fingerprint density at radius 3 is 2.77 bits per heavy atom. The summed E-state index contributed by atoms with van der Waals surface area (Å²) in [5.41, 5.74) is 0.513. The van der Waals surface area contributed by atoms with E-state index in [0.29, 0.717) is 23.6 Å².